The van der Waals surface area contributed by atoms with Crippen molar-refractivity contribution in [1.82, 2.24) is 0 Å². The van der Waals surface area contributed by atoms with Crippen molar-refractivity contribution in [3.05, 3.63) is 93.5 Å². The summed E-state index contributed by atoms with van der Waals surface area (Å²) in [5.74, 6) is 0.621. The predicted octanol–water partition coefficient (Wildman–Crippen LogP) is 6.48. The van der Waals surface area contributed by atoms with Crippen molar-refractivity contribution in [3.63, 3.8) is 0 Å². The second-order valence-electron chi connectivity index (χ2n) is 7.50. The third-order valence-electron chi connectivity index (χ3n) is 4.87. The van der Waals surface area contributed by atoms with E-state index in [2.05, 4.69) is 11.4 Å². The molecule has 0 unspecified atom stereocenters. The Hall–Kier alpha value is -3.75. The van der Waals surface area contributed by atoms with Gasteiger partial charge in [0.25, 0.3) is 5.91 Å². The van der Waals surface area contributed by atoms with E-state index in [1.54, 1.807) is 36.4 Å². The van der Waals surface area contributed by atoms with Gasteiger partial charge in [-0.1, -0.05) is 53.6 Å². The molecule has 3 aromatic rings. The van der Waals surface area contributed by atoms with Gasteiger partial charge in [-0.2, -0.15) is 5.26 Å². The predicted molar refractivity (Wildman–Crippen MR) is 132 cm³/mol. The summed E-state index contributed by atoms with van der Waals surface area (Å²) >= 11 is 6.02. The summed E-state index contributed by atoms with van der Waals surface area (Å²) < 4.78 is 11.7. The minimum atomic E-state index is -0.513. The quantitative estimate of drug-likeness (QED) is 0.308. The molecular weight excluding hydrogens is 436 g/mol. The lowest BCUT2D eigenvalue weighted by Crippen LogP contribution is -2.14. The van der Waals surface area contributed by atoms with E-state index in [0.29, 0.717) is 41.0 Å². The van der Waals surface area contributed by atoms with Crippen molar-refractivity contribution in [2.45, 2.75) is 27.4 Å². The van der Waals surface area contributed by atoms with Gasteiger partial charge >= 0.3 is 0 Å². The summed E-state index contributed by atoms with van der Waals surface area (Å²) in [7, 11) is 0. The number of hydrogen-bond acceptors (Lipinski definition) is 4. The number of amides is 1. The molecule has 33 heavy (non-hydrogen) atoms. The van der Waals surface area contributed by atoms with Crippen LogP contribution in [0.1, 0.15) is 29.2 Å². The number of halogens is 1. The Balaban J connectivity index is 1.80. The van der Waals surface area contributed by atoms with Gasteiger partial charge in [0.15, 0.2) is 11.5 Å². The molecule has 1 N–H and O–H groups in total. The fourth-order valence-corrected chi connectivity index (χ4v) is 3.37. The standard InChI is InChI=1S/C27H25ClN2O3/c1-4-32-26-14-20(9-11-25(26)33-17-21-7-5-6-18(2)12-21)13-22(16-29)27(31)30-24-15-23(28)10-8-19(24)3/h5-15H,4,17H2,1-3H3,(H,30,31)/b22-13+. The highest BCUT2D eigenvalue weighted by Crippen LogP contribution is 2.30. The molecule has 0 spiro atoms. The van der Waals surface area contributed by atoms with Gasteiger partial charge in [0.05, 0.1) is 6.61 Å². The normalized spacial score (nSPS) is 10.9. The van der Waals surface area contributed by atoms with E-state index in [9.17, 15) is 10.1 Å². The number of ether oxygens (including phenoxy) is 2. The highest BCUT2D eigenvalue weighted by molar-refractivity contribution is 6.31. The molecule has 0 aliphatic carbocycles. The van der Waals surface area contributed by atoms with Crippen LogP contribution < -0.4 is 14.8 Å². The molecular formula is C27H25ClN2O3. The molecule has 0 fully saturated rings. The van der Waals surface area contributed by atoms with Gasteiger partial charge in [-0.3, -0.25) is 4.79 Å². The van der Waals surface area contributed by atoms with E-state index in [4.69, 9.17) is 21.1 Å². The van der Waals surface area contributed by atoms with Crippen LogP contribution >= 0.6 is 11.6 Å². The molecule has 3 aromatic carbocycles. The first-order chi connectivity index (χ1) is 15.9. The van der Waals surface area contributed by atoms with Crippen molar-refractivity contribution >= 4 is 29.3 Å². The molecule has 0 aromatic heterocycles. The van der Waals surface area contributed by atoms with Gasteiger partial charge in [0.2, 0.25) is 0 Å². The van der Waals surface area contributed by atoms with Crippen molar-refractivity contribution in [2.75, 3.05) is 11.9 Å². The molecule has 0 aliphatic rings. The Labute approximate surface area is 199 Å². The number of nitrogens with zero attached hydrogens (tertiary/aromatic N) is 1. The molecule has 3 rings (SSSR count). The fraction of sp³-hybridized carbons (Fsp3) is 0.185. The molecule has 1 amide bonds. The first-order valence-corrected chi connectivity index (χ1v) is 10.9. The van der Waals surface area contributed by atoms with Crippen LogP contribution in [0.25, 0.3) is 6.08 Å². The number of aryl methyl sites for hydroxylation is 2. The van der Waals surface area contributed by atoms with Crippen molar-refractivity contribution in [1.29, 1.82) is 5.26 Å². The number of anilines is 1. The Bertz CT molecular complexity index is 1230. The van der Waals surface area contributed by atoms with Crippen LogP contribution in [0.5, 0.6) is 11.5 Å². The molecule has 5 nitrogen and oxygen atoms in total. The third kappa shape index (κ3) is 6.61. The molecule has 0 radical (unpaired) electrons. The zero-order valence-corrected chi connectivity index (χ0v) is 19.6. The van der Waals surface area contributed by atoms with Gasteiger partial charge in [-0.05, 0) is 67.8 Å². The highest BCUT2D eigenvalue weighted by Gasteiger charge is 2.13. The minimum Gasteiger partial charge on any atom is -0.490 e. The van der Waals surface area contributed by atoms with E-state index in [0.717, 1.165) is 16.7 Å². The van der Waals surface area contributed by atoms with E-state index < -0.39 is 5.91 Å². The molecule has 0 aliphatic heterocycles. The van der Waals surface area contributed by atoms with Crippen LogP contribution in [0.3, 0.4) is 0 Å². The molecule has 0 bridgehead atoms. The number of rotatable bonds is 8. The highest BCUT2D eigenvalue weighted by atomic mass is 35.5. The van der Waals surface area contributed by atoms with Crippen LogP contribution in [0, 0.1) is 25.2 Å². The average Bonchev–Trinajstić information content (AvgIpc) is 2.79. The minimum absolute atomic E-state index is 0.0368. The van der Waals surface area contributed by atoms with Gasteiger partial charge in [-0.15, -0.1) is 0 Å². The van der Waals surface area contributed by atoms with Crippen LogP contribution in [0.4, 0.5) is 5.69 Å². The Morgan fingerprint density at radius 1 is 1.06 bits per heavy atom. The van der Waals surface area contributed by atoms with E-state index >= 15 is 0 Å². The maximum absolute atomic E-state index is 12.7. The summed E-state index contributed by atoms with van der Waals surface area (Å²) in [4.78, 5) is 12.7. The lowest BCUT2D eigenvalue weighted by atomic mass is 10.1. The van der Waals surface area contributed by atoms with E-state index in [1.807, 2.05) is 45.0 Å². The number of hydrogen-bond donors (Lipinski definition) is 1. The number of carbonyl (C=O) groups excluding carboxylic acids is 1. The molecule has 0 atom stereocenters. The fourth-order valence-electron chi connectivity index (χ4n) is 3.20. The molecule has 0 heterocycles. The van der Waals surface area contributed by atoms with Gasteiger partial charge in [0.1, 0.15) is 18.2 Å². The number of nitrogens with one attached hydrogen (secondary N) is 1. The number of carbonyl (C=O) groups is 1. The molecule has 6 heteroatoms. The maximum Gasteiger partial charge on any atom is 0.266 e. The zero-order valence-electron chi connectivity index (χ0n) is 18.8. The average molecular weight is 461 g/mol. The van der Waals surface area contributed by atoms with Crippen LogP contribution in [-0.4, -0.2) is 12.5 Å². The van der Waals surface area contributed by atoms with Gasteiger partial charge in [-0.25, -0.2) is 0 Å². The lowest BCUT2D eigenvalue weighted by molar-refractivity contribution is -0.112. The summed E-state index contributed by atoms with van der Waals surface area (Å²) in [5, 5.41) is 12.8. The Morgan fingerprint density at radius 2 is 1.88 bits per heavy atom. The summed E-state index contributed by atoms with van der Waals surface area (Å²) in [6.45, 7) is 6.63. The molecule has 168 valence electrons. The molecule has 0 saturated carbocycles. The first-order valence-electron chi connectivity index (χ1n) is 10.5. The third-order valence-corrected chi connectivity index (χ3v) is 5.10. The van der Waals surface area contributed by atoms with Gasteiger partial charge < -0.3 is 14.8 Å². The Morgan fingerprint density at radius 3 is 2.61 bits per heavy atom. The monoisotopic (exact) mass is 460 g/mol. The summed E-state index contributed by atoms with van der Waals surface area (Å²) in [5.41, 5.74) is 4.24. The second-order valence-corrected chi connectivity index (χ2v) is 7.94. The van der Waals surface area contributed by atoms with Crippen molar-refractivity contribution < 1.29 is 14.3 Å². The maximum atomic E-state index is 12.7. The van der Waals surface area contributed by atoms with E-state index in [1.165, 1.54) is 6.08 Å². The second kappa shape index (κ2) is 11.2. The van der Waals surface area contributed by atoms with Crippen LogP contribution in [-0.2, 0) is 11.4 Å². The number of nitriles is 1. The summed E-state index contributed by atoms with van der Waals surface area (Å²) in [6, 6.07) is 20.6. The smallest absolute Gasteiger partial charge is 0.266 e. The topological polar surface area (TPSA) is 71.3 Å². The first kappa shape index (κ1) is 23.9. The zero-order chi connectivity index (χ0) is 23.8. The van der Waals surface area contributed by atoms with Crippen LogP contribution in [0.2, 0.25) is 5.02 Å². The van der Waals surface area contributed by atoms with Crippen LogP contribution in [0.15, 0.2) is 66.2 Å². The lowest BCUT2D eigenvalue weighted by Gasteiger charge is -2.13. The SMILES string of the molecule is CCOc1cc(/C=C(\C#N)C(=O)Nc2cc(Cl)ccc2C)ccc1OCc1cccc(C)c1. The Kier molecular flexibility index (Phi) is 8.12. The van der Waals surface area contributed by atoms with E-state index in [-0.39, 0.29) is 5.57 Å². The molecule has 0 saturated heterocycles. The van der Waals surface area contributed by atoms with Crippen molar-refractivity contribution in [3.8, 4) is 17.6 Å². The largest absolute Gasteiger partial charge is 0.490 e. The van der Waals surface area contributed by atoms with Gasteiger partial charge in [0, 0.05) is 10.7 Å². The van der Waals surface area contributed by atoms with Crippen molar-refractivity contribution in [2.24, 2.45) is 0 Å². The summed E-state index contributed by atoms with van der Waals surface area (Å²) in [6.07, 6.45) is 1.52. The number of benzene rings is 3.